The second-order valence-corrected chi connectivity index (χ2v) is 4.60. The first-order valence-electron chi connectivity index (χ1n) is 6.09. The maximum atomic E-state index is 11.7. The van der Waals surface area contributed by atoms with Gasteiger partial charge < -0.3 is 19.5 Å². The smallest absolute Gasteiger partial charge is 0.354 e. The highest BCUT2D eigenvalue weighted by molar-refractivity contribution is 9.10. The predicted molar refractivity (Wildman–Crippen MR) is 81.0 cm³/mol. The summed E-state index contributed by atoms with van der Waals surface area (Å²) in [5, 5.41) is 2.83. The van der Waals surface area contributed by atoms with E-state index in [2.05, 4.69) is 30.7 Å². The van der Waals surface area contributed by atoms with Gasteiger partial charge in [0.1, 0.15) is 11.4 Å². The normalized spacial score (nSPS) is 10.8. The van der Waals surface area contributed by atoms with Crippen LogP contribution in [0.4, 0.5) is 5.69 Å². The molecule has 0 spiro atoms. The number of nitrogens with one attached hydrogen (secondary N) is 1. The van der Waals surface area contributed by atoms with E-state index in [-0.39, 0.29) is 5.70 Å². The lowest BCUT2D eigenvalue weighted by Gasteiger charge is -2.15. The Morgan fingerprint density at radius 3 is 2.57 bits per heavy atom. The lowest BCUT2D eigenvalue weighted by molar-refractivity contribution is -0.138. The van der Waals surface area contributed by atoms with Crippen LogP contribution in [0.5, 0.6) is 5.75 Å². The van der Waals surface area contributed by atoms with Crippen LogP contribution in [-0.4, -0.2) is 32.8 Å². The number of anilines is 1. The number of hydrogen-bond donors (Lipinski definition) is 1. The standard InChI is InChI=1S/C14H16BrNO5/c1-4-21-11-7-5-6-9(15)13(11)16-10(14(18)20-3)8-12(17)19-2/h5-8,16H,4H2,1-3H3/b10-8+. The molecule has 0 saturated heterocycles. The van der Waals surface area contributed by atoms with E-state index in [9.17, 15) is 9.59 Å². The first kappa shape index (κ1) is 17.0. The van der Waals surface area contributed by atoms with Crippen LogP contribution in [-0.2, 0) is 19.1 Å². The number of ether oxygens (including phenoxy) is 3. The van der Waals surface area contributed by atoms with Crippen LogP contribution in [0.1, 0.15) is 6.92 Å². The monoisotopic (exact) mass is 357 g/mol. The molecule has 1 aromatic carbocycles. The minimum Gasteiger partial charge on any atom is -0.492 e. The summed E-state index contributed by atoms with van der Waals surface area (Å²) in [5.41, 5.74) is 0.456. The second-order valence-electron chi connectivity index (χ2n) is 3.74. The van der Waals surface area contributed by atoms with Gasteiger partial charge >= 0.3 is 11.9 Å². The highest BCUT2D eigenvalue weighted by Gasteiger charge is 2.16. The molecule has 0 aliphatic carbocycles. The van der Waals surface area contributed by atoms with Crippen molar-refractivity contribution in [1.29, 1.82) is 0 Å². The molecule has 0 aliphatic heterocycles. The average molecular weight is 358 g/mol. The molecule has 6 nitrogen and oxygen atoms in total. The summed E-state index contributed by atoms with van der Waals surface area (Å²) in [7, 11) is 2.44. The highest BCUT2D eigenvalue weighted by Crippen LogP contribution is 2.33. The van der Waals surface area contributed by atoms with Crippen LogP contribution in [0, 0.1) is 0 Å². The van der Waals surface area contributed by atoms with Crippen molar-refractivity contribution >= 4 is 33.6 Å². The fourth-order valence-corrected chi connectivity index (χ4v) is 1.92. The Bertz CT molecular complexity index is 556. The zero-order valence-electron chi connectivity index (χ0n) is 11.9. The molecule has 0 aromatic heterocycles. The van der Waals surface area contributed by atoms with Crippen LogP contribution < -0.4 is 10.1 Å². The van der Waals surface area contributed by atoms with Gasteiger partial charge in [0.15, 0.2) is 0 Å². The number of carbonyl (C=O) groups is 2. The molecule has 0 aliphatic rings. The Kier molecular flexibility index (Phi) is 6.74. The minimum absolute atomic E-state index is 0.0581. The molecule has 1 aromatic rings. The van der Waals surface area contributed by atoms with Gasteiger partial charge in [0.05, 0.1) is 32.6 Å². The largest absolute Gasteiger partial charge is 0.492 e. The third kappa shape index (κ3) is 4.78. The Balaban J connectivity index is 3.17. The number of para-hydroxylation sites is 1. The molecule has 114 valence electrons. The zero-order valence-corrected chi connectivity index (χ0v) is 13.5. The lowest BCUT2D eigenvalue weighted by atomic mass is 10.2. The quantitative estimate of drug-likeness (QED) is 0.622. The molecule has 0 saturated carbocycles. The topological polar surface area (TPSA) is 73.9 Å². The molecule has 0 bridgehead atoms. The van der Waals surface area contributed by atoms with Crippen molar-refractivity contribution in [1.82, 2.24) is 0 Å². The van der Waals surface area contributed by atoms with E-state index in [1.54, 1.807) is 18.2 Å². The molecular formula is C14H16BrNO5. The van der Waals surface area contributed by atoms with E-state index in [1.807, 2.05) is 6.92 Å². The summed E-state index contributed by atoms with van der Waals surface area (Å²) in [6.07, 6.45) is 1.01. The number of hydrogen-bond acceptors (Lipinski definition) is 6. The lowest BCUT2D eigenvalue weighted by Crippen LogP contribution is -2.16. The molecule has 21 heavy (non-hydrogen) atoms. The van der Waals surface area contributed by atoms with Crippen molar-refractivity contribution < 1.29 is 23.8 Å². The fourth-order valence-electron chi connectivity index (χ4n) is 1.47. The van der Waals surface area contributed by atoms with Crippen LogP contribution in [0.2, 0.25) is 0 Å². The predicted octanol–water partition coefficient (Wildman–Crippen LogP) is 2.49. The summed E-state index contributed by atoms with van der Waals surface area (Å²) >= 11 is 3.36. The maximum absolute atomic E-state index is 11.7. The summed E-state index contributed by atoms with van der Waals surface area (Å²) in [5.74, 6) is -0.835. The van der Waals surface area contributed by atoms with Gasteiger partial charge in [-0.05, 0) is 35.0 Å². The van der Waals surface area contributed by atoms with Crippen LogP contribution in [0.25, 0.3) is 0 Å². The molecule has 0 radical (unpaired) electrons. The molecule has 1 N–H and O–H groups in total. The average Bonchev–Trinajstić information content (AvgIpc) is 2.48. The zero-order chi connectivity index (χ0) is 15.8. The minimum atomic E-state index is -0.696. The summed E-state index contributed by atoms with van der Waals surface area (Å²) in [6, 6.07) is 5.31. The molecule has 0 unspecified atom stereocenters. The Morgan fingerprint density at radius 2 is 2.00 bits per heavy atom. The van der Waals surface area contributed by atoms with E-state index in [0.717, 1.165) is 6.08 Å². The Hall–Kier alpha value is -2.02. The summed E-state index contributed by atoms with van der Waals surface area (Å²) in [4.78, 5) is 23.1. The van der Waals surface area contributed by atoms with E-state index in [4.69, 9.17) is 4.74 Å². The first-order chi connectivity index (χ1) is 10.0. The molecular weight excluding hydrogens is 342 g/mol. The van der Waals surface area contributed by atoms with E-state index >= 15 is 0 Å². The maximum Gasteiger partial charge on any atom is 0.354 e. The van der Waals surface area contributed by atoms with Gasteiger partial charge in [-0.3, -0.25) is 0 Å². The second kappa shape index (κ2) is 8.31. The van der Waals surface area contributed by atoms with Gasteiger partial charge in [0, 0.05) is 4.47 Å². The number of esters is 2. The summed E-state index contributed by atoms with van der Waals surface area (Å²) < 4.78 is 15.3. The van der Waals surface area contributed by atoms with E-state index in [1.165, 1.54) is 14.2 Å². The van der Waals surface area contributed by atoms with Gasteiger partial charge in [-0.25, -0.2) is 9.59 Å². The van der Waals surface area contributed by atoms with Crippen molar-refractivity contribution in [3.63, 3.8) is 0 Å². The Morgan fingerprint density at radius 1 is 1.29 bits per heavy atom. The SMILES string of the molecule is CCOc1cccc(Br)c1N/C(=C/C(=O)OC)C(=O)OC. The molecule has 0 atom stereocenters. The molecule has 0 heterocycles. The third-order valence-electron chi connectivity index (χ3n) is 2.40. The molecule has 1 rings (SSSR count). The molecule has 7 heteroatoms. The molecule has 0 amide bonds. The number of methoxy groups -OCH3 is 2. The molecule has 0 fully saturated rings. The van der Waals surface area contributed by atoms with Gasteiger partial charge in [-0.15, -0.1) is 0 Å². The van der Waals surface area contributed by atoms with Crippen molar-refractivity contribution in [2.24, 2.45) is 0 Å². The van der Waals surface area contributed by atoms with Gasteiger partial charge in [-0.1, -0.05) is 6.07 Å². The number of benzene rings is 1. The van der Waals surface area contributed by atoms with Crippen molar-refractivity contribution in [3.8, 4) is 5.75 Å². The van der Waals surface area contributed by atoms with E-state index < -0.39 is 11.9 Å². The van der Waals surface area contributed by atoms with Gasteiger partial charge in [0.25, 0.3) is 0 Å². The van der Waals surface area contributed by atoms with Crippen molar-refractivity contribution in [2.75, 3.05) is 26.1 Å². The number of rotatable bonds is 6. The van der Waals surface area contributed by atoms with Crippen molar-refractivity contribution in [2.45, 2.75) is 6.92 Å². The highest BCUT2D eigenvalue weighted by atomic mass is 79.9. The van der Waals surface area contributed by atoms with E-state index in [0.29, 0.717) is 22.5 Å². The number of halogens is 1. The number of carbonyl (C=O) groups excluding carboxylic acids is 2. The fraction of sp³-hybridized carbons (Fsp3) is 0.286. The third-order valence-corrected chi connectivity index (χ3v) is 3.06. The first-order valence-corrected chi connectivity index (χ1v) is 6.89. The van der Waals surface area contributed by atoms with Crippen LogP contribution >= 0.6 is 15.9 Å². The summed E-state index contributed by atoms with van der Waals surface area (Å²) in [6.45, 7) is 2.30. The van der Waals surface area contributed by atoms with Crippen LogP contribution in [0.3, 0.4) is 0 Å². The van der Waals surface area contributed by atoms with Crippen LogP contribution in [0.15, 0.2) is 34.4 Å². The van der Waals surface area contributed by atoms with Gasteiger partial charge in [-0.2, -0.15) is 0 Å². The Labute approximate surface area is 131 Å². The van der Waals surface area contributed by atoms with Crippen molar-refractivity contribution in [3.05, 3.63) is 34.4 Å². The van der Waals surface area contributed by atoms with Gasteiger partial charge in [0.2, 0.25) is 0 Å².